The zero-order chi connectivity index (χ0) is 20.8. The Bertz CT molecular complexity index is 1240. The summed E-state index contributed by atoms with van der Waals surface area (Å²) in [5.41, 5.74) is 6.12. The fraction of sp³-hybridized carbons (Fsp3) is 0.227. The summed E-state index contributed by atoms with van der Waals surface area (Å²) < 4.78 is 31.4. The summed E-state index contributed by atoms with van der Waals surface area (Å²) in [6.07, 6.45) is 4.45. The van der Waals surface area contributed by atoms with Crippen LogP contribution in [0.3, 0.4) is 0 Å². The number of fused-ring (bicyclic) bond motifs is 3. The maximum absolute atomic E-state index is 14.4. The van der Waals surface area contributed by atoms with Gasteiger partial charge in [0.2, 0.25) is 0 Å². The fourth-order valence-corrected chi connectivity index (χ4v) is 4.06. The molecule has 1 aliphatic rings. The van der Waals surface area contributed by atoms with Crippen LogP contribution in [0.5, 0.6) is 0 Å². The van der Waals surface area contributed by atoms with E-state index in [1.165, 1.54) is 12.1 Å². The van der Waals surface area contributed by atoms with Gasteiger partial charge in [-0.3, -0.25) is 4.68 Å². The van der Waals surface area contributed by atoms with Gasteiger partial charge in [-0.1, -0.05) is 17.3 Å². The number of anilines is 1. The lowest BCUT2D eigenvalue weighted by Crippen LogP contribution is -2.13. The second-order valence-corrected chi connectivity index (χ2v) is 7.56. The molecule has 0 bridgehead atoms. The Hall–Kier alpha value is -3.55. The molecule has 152 valence electrons. The maximum atomic E-state index is 14.4. The maximum Gasteiger partial charge on any atom is 0.149 e. The van der Waals surface area contributed by atoms with Crippen molar-refractivity contribution in [2.75, 3.05) is 5.32 Å². The Morgan fingerprint density at radius 2 is 1.97 bits per heavy atom. The van der Waals surface area contributed by atoms with E-state index in [1.54, 1.807) is 4.68 Å². The summed E-state index contributed by atoms with van der Waals surface area (Å²) >= 11 is 0. The zero-order valence-corrected chi connectivity index (χ0v) is 16.6. The molecule has 0 amide bonds. The Morgan fingerprint density at radius 1 is 1.10 bits per heavy atom. The van der Waals surface area contributed by atoms with Crippen LogP contribution in [0.15, 0.2) is 48.8 Å². The average Bonchev–Trinajstić information content (AvgIpc) is 3.28. The number of hydrogen-bond donors (Lipinski definition) is 1. The van der Waals surface area contributed by atoms with Crippen molar-refractivity contribution in [3.05, 3.63) is 71.7 Å². The second-order valence-electron chi connectivity index (χ2n) is 7.56. The van der Waals surface area contributed by atoms with Gasteiger partial charge in [0.15, 0.2) is 0 Å². The minimum absolute atomic E-state index is 0.183. The van der Waals surface area contributed by atoms with Gasteiger partial charge in [0.25, 0.3) is 0 Å². The highest BCUT2D eigenvalue weighted by Crippen LogP contribution is 2.39. The molecule has 4 aromatic rings. The molecule has 8 heteroatoms. The first kappa shape index (κ1) is 18.5. The summed E-state index contributed by atoms with van der Waals surface area (Å²) in [4.78, 5) is 0. The lowest BCUT2D eigenvalue weighted by molar-refractivity contribution is 0.535. The van der Waals surface area contributed by atoms with E-state index in [4.69, 9.17) is 0 Å². The molecule has 0 saturated carbocycles. The molecule has 2 aromatic carbocycles. The normalized spacial score (nSPS) is 15.4. The van der Waals surface area contributed by atoms with Crippen LogP contribution in [-0.2, 0) is 13.6 Å². The van der Waals surface area contributed by atoms with Gasteiger partial charge < -0.3 is 5.32 Å². The van der Waals surface area contributed by atoms with Gasteiger partial charge in [-0.25, -0.2) is 13.5 Å². The minimum Gasteiger partial charge on any atom is -0.376 e. The highest BCUT2D eigenvalue weighted by Gasteiger charge is 2.26. The number of rotatable bonds is 3. The predicted molar refractivity (Wildman–Crippen MR) is 110 cm³/mol. The molecular weight excluding hydrogens is 386 g/mol. The van der Waals surface area contributed by atoms with Crippen molar-refractivity contribution in [1.82, 2.24) is 24.8 Å². The monoisotopic (exact) mass is 406 g/mol. The van der Waals surface area contributed by atoms with E-state index < -0.39 is 11.6 Å². The third kappa shape index (κ3) is 3.14. The number of nitrogens with one attached hydrogen (secondary N) is 1. The van der Waals surface area contributed by atoms with Gasteiger partial charge in [0.1, 0.15) is 11.6 Å². The first-order valence-electron chi connectivity index (χ1n) is 9.74. The molecule has 0 spiro atoms. The van der Waals surface area contributed by atoms with E-state index in [2.05, 4.69) is 32.9 Å². The molecule has 0 radical (unpaired) electrons. The quantitative estimate of drug-likeness (QED) is 0.545. The van der Waals surface area contributed by atoms with Crippen molar-refractivity contribution in [2.45, 2.75) is 25.9 Å². The molecule has 3 heterocycles. The lowest BCUT2D eigenvalue weighted by Gasteiger charge is -2.21. The molecule has 1 N–H and O–H groups in total. The molecule has 2 aromatic heterocycles. The van der Waals surface area contributed by atoms with Crippen LogP contribution in [-0.4, -0.2) is 24.8 Å². The van der Waals surface area contributed by atoms with Gasteiger partial charge in [-0.2, -0.15) is 5.10 Å². The van der Waals surface area contributed by atoms with Gasteiger partial charge in [0, 0.05) is 37.0 Å². The van der Waals surface area contributed by atoms with Crippen molar-refractivity contribution in [1.29, 1.82) is 0 Å². The zero-order valence-electron chi connectivity index (χ0n) is 16.6. The van der Waals surface area contributed by atoms with E-state index in [1.807, 2.05) is 37.1 Å². The van der Waals surface area contributed by atoms with Crippen molar-refractivity contribution in [3.8, 4) is 22.4 Å². The number of nitrogens with zero attached hydrogens (tertiary/aromatic N) is 5. The Morgan fingerprint density at radius 3 is 2.73 bits per heavy atom. The standard InChI is InChI=1S/C22H20F2N6/c1-13-22-17-5-3-14(15-11-25-29(2)12-15)9-18(17)20(7-8-30(22)28-27-13)26-21-6-4-16(23)10-19(21)24/h3-6,9-12,20,26H,7-8H2,1-2H3. The summed E-state index contributed by atoms with van der Waals surface area (Å²) in [6, 6.07) is 9.62. The SMILES string of the molecule is Cc1nnn2c1-c1ccc(-c3cnn(C)c3)cc1C(Nc1ccc(F)cc1F)CC2. The number of aryl methyl sites for hydroxylation is 3. The number of halogens is 2. The molecule has 5 rings (SSSR count). The van der Waals surface area contributed by atoms with Crippen molar-refractivity contribution >= 4 is 5.69 Å². The van der Waals surface area contributed by atoms with Crippen LogP contribution in [0.2, 0.25) is 0 Å². The molecule has 30 heavy (non-hydrogen) atoms. The van der Waals surface area contributed by atoms with Crippen LogP contribution in [0.25, 0.3) is 22.4 Å². The van der Waals surface area contributed by atoms with Crippen molar-refractivity contribution in [3.63, 3.8) is 0 Å². The fourth-order valence-electron chi connectivity index (χ4n) is 4.06. The molecule has 6 nitrogen and oxygen atoms in total. The molecule has 1 unspecified atom stereocenters. The Kier molecular flexibility index (Phi) is 4.34. The van der Waals surface area contributed by atoms with Gasteiger partial charge in [-0.05, 0) is 42.7 Å². The van der Waals surface area contributed by atoms with E-state index in [0.29, 0.717) is 13.0 Å². The lowest BCUT2D eigenvalue weighted by atomic mass is 9.93. The van der Waals surface area contributed by atoms with Gasteiger partial charge >= 0.3 is 0 Å². The first-order chi connectivity index (χ1) is 14.5. The van der Waals surface area contributed by atoms with Gasteiger partial charge in [0.05, 0.1) is 29.3 Å². The van der Waals surface area contributed by atoms with Crippen LogP contribution in [0, 0.1) is 18.6 Å². The molecular formula is C22H20F2N6. The molecule has 1 aliphatic heterocycles. The third-order valence-electron chi connectivity index (χ3n) is 5.51. The Labute approximate surface area is 172 Å². The molecule has 0 aliphatic carbocycles. The minimum atomic E-state index is -0.611. The molecule has 1 atom stereocenters. The van der Waals surface area contributed by atoms with E-state index >= 15 is 0 Å². The van der Waals surface area contributed by atoms with Crippen LogP contribution >= 0.6 is 0 Å². The number of hydrogen-bond acceptors (Lipinski definition) is 4. The van der Waals surface area contributed by atoms with Crippen LogP contribution in [0.1, 0.15) is 23.7 Å². The average molecular weight is 406 g/mol. The highest BCUT2D eigenvalue weighted by molar-refractivity contribution is 5.74. The summed E-state index contributed by atoms with van der Waals surface area (Å²) in [5.74, 6) is -1.21. The number of benzene rings is 2. The highest BCUT2D eigenvalue weighted by atomic mass is 19.1. The van der Waals surface area contributed by atoms with Crippen molar-refractivity contribution < 1.29 is 8.78 Å². The summed E-state index contributed by atoms with van der Waals surface area (Å²) in [7, 11) is 1.88. The van der Waals surface area contributed by atoms with E-state index in [0.717, 1.165) is 39.7 Å². The topological polar surface area (TPSA) is 60.6 Å². The summed E-state index contributed by atoms with van der Waals surface area (Å²) in [5, 5.41) is 16.0. The smallest absolute Gasteiger partial charge is 0.149 e. The first-order valence-corrected chi connectivity index (χ1v) is 9.74. The van der Waals surface area contributed by atoms with Crippen LogP contribution in [0.4, 0.5) is 14.5 Å². The van der Waals surface area contributed by atoms with E-state index in [-0.39, 0.29) is 11.7 Å². The third-order valence-corrected chi connectivity index (χ3v) is 5.51. The van der Waals surface area contributed by atoms with Crippen molar-refractivity contribution in [2.24, 2.45) is 7.05 Å². The predicted octanol–water partition coefficient (Wildman–Crippen LogP) is 4.49. The Balaban J connectivity index is 1.63. The molecule has 0 fully saturated rings. The summed E-state index contributed by atoms with van der Waals surface area (Å²) in [6.45, 7) is 2.57. The van der Waals surface area contributed by atoms with Crippen LogP contribution < -0.4 is 5.32 Å². The second kappa shape index (κ2) is 7.05. The molecule has 0 saturated heterocycles. The number of aromatic nitrogens is 5. The van der Waals surface area contributed by atoms with Gasteiger partial charge in [-0.15, -0.1) is 5.10 Å². The van der Waals surface area contributed by atoms with E-state index in [9.17, 15) is 8.78 Å². The largest absolute Gasteiger partial charge is 0.376 e.